The lowest BCUT2D eigenvalue weighted by molar-refractivity contribution is -0.154. The van der Waals surface area contributed by atoms with E-state index in [1.807, 2.05) is 0 Å². The quantitative estimate of drug-likeness (QED) is 0.846. The van der Waals surface area contributed by atoms with Crippen LogP contribution in [-0.2, 0) is 14.3 Å². The SMILES string of the molecule is CNC(=O)COC(=O)[C@@H](C)Oc1ccc(Cl)cc1Cl. The number of rotatable bonds is 5. The van der Waals surface area contributed by atoms with E-state index >= 15 is 0 Å². The standard InChI is InChI=1S/C12H13Cl2NO4/c1-7(12(17)18-6-11(16)15-2)19-10-4-3-8(13)5-9(10)14/h3-5,7H,6H2,1-2H3,(H,15,16)/t7-/m1/s1. The molecule has 0 aliphatic heterocycles. The second kappa shape index (κ2) is 7.21. The van der Waals surface area contributed by atoms with Crippen molar-refractivity contribution in [3.05, 3.63) is 28.2 Å². The van der Waals surface area contributed by atoms with E-state index < -0.39 is 18.0 Å². The van der Waals surface area contributed by atoms with E-state index in [0.717, 1.165) is 0 Å². The normalized spacial score (nSPS) is 11.6. The van der Waals surface area contributed by atoms with Gasteiger partial charge < -0.3 is 14.8 Å². The monoisotopic (exact) mass is 305 g/mol. The molecule has 0 spiro atoms. The Hall–Kier alpha value is -1.46. The number of halogens is 2. The average molecular weight is 306 g/mol. The van der Waals surface area contributed by atoms with Gasteiger partial charge in [-0.25, -0.2) is 4.79 Å². The summed E-state index contributed by atoms with van der Waals surface area (Å²) >= 11 is 11.6. The van der Waals surface area contributed by atoms with Crippen LogP contribution in [0.25, 0.3) is 0 Å². The highest BCUT2D eigenvalue weighted by Gasteiger charge is 2.18. The number of esters is 1. The summed E-state index contributed by atoms with van der Waals surface area (Å²) in [5.41, 5.74) is 0. The molecule has 0 bridgehead atoms. The van der Waals surface area contributed by atoms with Gasteiger partial charge in [-0.15, -0.1) is 0 Å². The van der Waals surface area contributed by atoms with Gasteiger partial charge >= 0.3 is 5.97 Å². The molecule has 7 heteroatoms. The Labute approximate surface area is 120 Å². The van der Waals surface area contributed by atoms with Gasteiger partial charge in [0.15, 0.2) is 12.7 Å². The average Bonchev–Trinajstić information content (AvgIpc) is 2.38. The zero-order valence-electron chi connectivity index (χ0n) is 10.4. The summed E-state index contributed by atoms with van der Waals surface area (Å²) in [5.74, 6) is -0.741. The Bertz CT molecular complexity index is 479. The summed E-state index contributed by atoms with van der Waals surface area (Å²) in [4.78, 5) is 22.5. The highest BCUT2D eigenvalue weighted by Crippen LogP contribution is 2.28. The molecule has 1 amide bonds. The summed E-state index contributed by atoms with van der Waals surface area (Å²) in [7, 11) is 1.45. The van der Waals surface area contributed by atoms with Gasteiger partial charge in [0.05, 0.1) is 5.02 Å². The molecular weight excluding hydrogens is 293 g/mol. The molecule has 0 unspecified atom stereocenters. The van der Waals surface area contributed by atoms with Gasteiger partial charge in [-0.05, 0) is 25.1 Å². The van der Waals surface area contributed by atoms with Gasteiger partial charge in [0.25, 0.3) is 5.91 Å². The minimum absolute atomic E-state index is 0.290. The van der Waals surface area contributed by atoms with Gasteiger partial charge in [-0.3, -0.25) is 4.79 Å². The molecule has 1 N–H and O–H groups in total. The molecule has 104 valence electrons. The zero-order valence-corrected chi connectivity index (χ0v) is 11.9. The van der Waals surface area contributed by atoms with Crippen molar-refractivity contribution in [3.8, 4) is 5.75 Å². The first-order chi connectivity index (χ1) is 8.93. The molecule has 0 radical (unpaired) electrons. The van der Waals surface area contributed by atoms with E-state index in [2.05, 4.69) is 5.32 Å². The van der Waals surface area contributed by atoms with Crippen molar-refractivity contribution in [2.75, 3.05) is 13.7 Å². The molecule has 0 saturated heterocycles. The lowest BCUT2D eigenvalue weighted by Gasteiger charge is -2.14. The maximum atomic E-state index is 11.5. The second-order valence-electron chi connectivity index (χ2n) is 3.62. The number of amides is 1. The van der Waals surface area contributed by atoms with Crippen LogP contribution in [0.15, 0.2) is 18.2 Å². The van der Waals surface area contributed by atoms with E-state index in [9.17, 15) is 9.59 Å². The minimum Gasteiger partial charge on any atom is -0.477 e. The fraction of sp³-hybridized carbons (Fsp3) is 0.333. The number of benzene rings is 1. The molecule has 0 aliphatic rings. The number of likely N-dealkylation sites (N-methyl/N-ethyl adjacent to an activating group) is 1. The smallest absolute Gasteiger partial charge is 0.347 e. The molecule has 1 aromatic carbocycles. The van der Waals surface area contributed by atoms with Crippen LogP contribution in [0.4, 0.5) is 0 Å². The predicted octanol–water partition coefficient (Wildman–Crippen LogP) is 2.05. The molecular formula is C12H13Cl2NO4. The predicted molar refractivity (Wildman–Crippen MR) is 71.6 cm³/mol. The molecule has 0 saturated carbocycles. The third-order valence-corrected chi connectivity index (χ3v) is 2.68. The first kappa shape index (κ1) is 15.6. The van der Waals surface area contributed by atoms with Gasteiger partial charge in [0.1, 0.15) is 5.75 Å². The van der Waals surface area contributed by atoms with Crippen molar-refractivity contribution >= 4 is 35.1 Å². The molecule has 0 heterocycles. The van der Waals surface area contributed by atoms with E-state index in [0.29, 0.717) is 15.8 Å². The van der Waals surface area contributed by atoms with Crippen LogP contribution in [0.1, 0.15) is 6.92 Å². The number of ether oxygens (including phenoxy) is 2. The van der Waals surface area contributed by atoms with Crippen molar-refractivity contribution in [3.63, 3.8) is 0 Å². The number of hydrogen-bond acceptors (Lipinski definition) is 4. The summed E-state index contributed by atoms with van der Waals surface area (Å²) in [5, 5.41) is 3.09. The highest BCUT2D eigenvalue weighted by molar-refractivity contribution is 6.35. The van der Waals surface area contributed by atoms with Crippen molar-refractivity contribution in [2.24, 2.45) is 0 Å². The lowest BCUT2D eigenvalue weighted by Crippen LogP contribution is -2.31. The zero-order chi connectivity index (χ0) is 14.4. The van der Waals surface area contributed by atoms with Crippen molar-refractivity contribution in [1.29, 1.82) is 0 Å². The molecule has 1 atom stereocenters. The van der Waals surface area contributed by atoms with E-state index in [1.54, 1.807) is 12.1 Å². The highest BCUT2D eigenvalue weighted by atomic mass is 35.5. The fourth-order valence-corrected chi connectivity index (χ4v) is 1.59. The first-order valence-electron chi connectivity index (χ1n) is 5.43. The van der Waals surface area contributed by atoms with Crippen LogP contribution < -0.4 is 10.1 Å². The first-order valence-corrected chi connectivity index (χ1v) is 6.18. The summed E-state index contributed by atoms with van der Waals surface area (Å²) < 4.78 is 10.1. The molecule has 0 fully saturated rings. The Kier molecular flexibility index (Phi) is 5.92. The van der Waals surface area contributed by atoms with Crippen LogP contribution in [-0.4, -0.2) is 31.6 Å². The molecule has 0 aromatic heterocycles. The third-order valence-electron chi connectivity index (χ3n) is 2.15. The van der Waals surface area contributed by atoms with Crippen LogP contribution in [0.2, 0.25) is 10.0 Å². The summed E-state index contributed by atoms with van der Waals surface area (Å²) in [6.07, 6.45) is -0.886. The number of carbonyl (C=O) groups is 2. The molecule has 19 heavy (non-hydrogen) atoms. The fourth-order valence-electron chi connectivity index (χ4n) is 1.14. The topological polar surface area (TPSA) is 64.6 Å². The van der Waals surface area contributed by atoms with Gasteiger partial charge in [0, 0.05) is 12.1 Å². The van der Waals surface area contributed by atoms with Gasteiger partial charge in [0.2, 0.25) is 0 Å². The van der Waals surface area contributed by atoms with E-state index in [1.165, 1.54) is 20.0 Å². The molecule has 1 rings (SSSR count). The lowest BCUT2D eigenvalue weighted by atomic mass is 10.3. The van der Waals surface area contributed by atoms with Crippen LogP contribution in [0.3, 0.4) is 0 Å². The third kappa shape index (κ3) is 4.96. The summed E-state index contributed by atoms with van der Waals surface area (Å²) in [6.45, 7) is 1.15. The van der Waals surface area contributed by atoms with Crippen LogP contribution in [0, 0.1) is 0 Å². The Morgan fingerprint density at radius 3 is 2.63 bits per heavy atom. The van der Waals surface area contributed by atoms with Gasteiger partial charge in [-0.1, -0.05) is 23.2 Å². The number of hydrogen-bond donors (Lipinski definition) is 1. The second-order valence-corrected chi connectivity index (χ2v) is 4.46. The summed E-state index contributed by atoms with van der Waals surface area (Å²) in [6, 6.07) is 4.64. The molecule has 1 aromatic rings. The number of nitrogens with one attached hydrogen (secondary N) is 1. The number of carbonyl (C=O) groups excluding carboxylic acids is 2. The minimum atomic E-state index is -0.886. The van der Waals surface area contributed by atoms with Crippen molar-refractivity contribution < 1.29 is 19.1 Å². The largest absolute Gasteiger partial charge is 0.477 e. The van der Waals surface area contributed by atoms with E-state index in [4.69, 9.17) is 32.7 Å². The van der Waals surface area contributed by atoms with Crippen LogP contribution >= 0.6 is 23.2 Å². The van der Waals surface area contributed by atoms with Crippen molar-refractivity contribution in [2.45, 2.75) is 13.0 Å². The van der Waals surface area contributed by atoms with Crippen LogP contribution in [0.5, 0.6) is 5.75 Å². The molecule has 0 aliphatic carbocycles. The Balaban J connectivity index is 2.56. The maximum absolute atomic E-state index is 11.5. The van der Waals surface area contributed by atoms with Gasteiger partial charge in [-0.2, -0.15) is 0 Å². The van der Waals surface area contributed by atoms with Crippen molar-refractivity contribution in [1.82, 2.24) is 5.32 Å². The Morgan fingerprint density at radius 1 is 1.37 bits per heavy atom. The maximum Gasteiger partial charge on any atom is 0.347 e. The Morgan fingerprint density at radius 2 is 2.05 bits per heavy atom. The van der Waals surface area contributed by atoms with E-state index in [-0.39, 0.29) is 6.61 Å². The molecule has 5 nitrogen and oxygen atoms in total.